The van der Waals surface area contributed by atoms with Gasteiger partial charge in [0, 0.05) is 26.1 Å². The molecular weight excluding hydrogens is 679 g/mol. The van der Waals surface area contributed by atoms with Crippen LogP contribution < -0.4 is 32.8 Å². The van der Waals surface area contributed by atoms with E-state index in [9.17, 15) is 0 Å². The van der Waals surface area contributed by atoms with Gasteiger partial charge in [-0.3, -0.25) is 0 Å². The lowest BCUT2D eigenvalue weighted by molar-refractivity contribution is 1.07. The first-order chi connectivity index (χ1) is 26.8. The van der Waals surface area contributed by atoms with Crippen LogP contribution in [0, 0.1) is 0 Å². The summed E-state index contributed by atoms with van der Waals surface area (Å²) in [7, 11) is 41.1. The molecule has 0 saturated carbocycles. The van der Waals surface area contributed by atoms with Crippen LogP contribution in [-0.4, -0.2) is 62.0 Å². The van der Waals surface area contributed by atoms with Gasteiger partial charge in [-0.2, -0.15) is 0 Å². The van der Waals surface area contributed by atoms with Crippen LogP contribution in [0.15, 0.2) is 140 Å². The van der Waals surface area contributed by atoms with Crippen molar-refractivity contribution in [3.8, 4) is 67.5 Å². The number of rotatable bonds is 6. The molecule has 0 aliphatic rings. The molecule has 0 saturated heterocycles. The zero-order valence-corrected chi connectivity index (χ0v) is 30.3. The third-order valence-corrected chi connectivity index (χ3v) is 11.2. The predicted octanol–water partition coefficient (Wildman–Crippen LogP) is 5.00. The van der Waals surface area contributed by atoms with Crippen molar-refractivity contribution in [3.63, 3.8) is 0 Å². The number of benzene rings is 7. The Morgan fingerprint density at radius 3 is 1.33 bits per heavy atom. The van der Waals surface area contributed by atoms with Gasteiger partial charge in [-0.15, -0.1) is 11.3 Å². The molecule has 0 bridgehead atoms. The van der Waals surface area contributed by atoms with Gasteiger partial charge in [0.2, 0.25) is 0 Å². The van der Waals surface area contributed by atoms with Crippen molar-refractivity contribution in [2.24, 2.45) is 0 Å². The maximum Gasteiger partial charge on any atom is 0.164 e. The average Bonchev–Trinajstić information content (AvgIpc) is 3.65. The molecule has 10 heteroatoms. The highest BCUT2D eigenvalue weighted by Crippen LogP contribution is 2.34. The fraction of sp³-hybridized carbons (Fsp3) is 0. The van der Waals surface area contributed by atoms with Crippen LogP contribution in [0.5, 0.6) is 0 Å². The Morgan fingerprint density at radius 1 is 0.309 bits per heavy atom. The number of aromatic nitrogens is 3. The molecular formula is C45H23B6N3S. The van der Waals surface area contributed by atoms with E-state index in [1.807, 2.05) is 115 Å². The summed E-state index contributed by atoms with van der Waals surface area (Å²) in [6.07, 6.45) is 0. The number of nitrogens with zero attached hydrogens (tertiary/aromatic N) is 3. The van der Waals surface area contributed by atoms with Crippen molar-refractivity contribution in [1.82, 2.24) is 15.0 Å². The molecule has 0 aliphatic heterocycles. The smallest absolute Gasteiger partial charge is 0.164 e. The Kier molecular flexibility index (Phi) is 8.95. The van der Waals surface area contributed by atoms with Crippen LogP contribution in [0.3, 0.4) is 0 Å². The third-order valence-electron chi connectivity index (χ3n) is 9.98. The standard InChI is InChI=1S/C45H23B6N3S/c46-35-31(26-13-6-2-7-14-26)37(48)40(51)42-33(35)34-38(49)36(47)32(39(50)41(34)55-42)29-17-10-18-30(23-29)45-53-43(27-15-8-3-9-16-27)52-44(54-45)28-21-19-25(20-22-28)24-11-4-1-5-12-24/h1-23H. The van der Waals surface area contributed by atoms with Crippen molar-refractivity contribution in [1.29, 1.82) is 0 Å². The van der Waals surface area contributed by atoms with Gasteiger partial charge in [0.1, 0.15) is 47.1 Å². The highest BCUT2D eigenvalue weighted by molar-refractivity contribution is 7.28. The summed E-state index contributed by atoms with van der Waals surface area (Å²) in [5.41, 5.74) is 10.00. The van der Waals surface area contributed by atoms with Crippen molar-refractivity contribution >= 4 is 111 Å². The second-order valence-corrected chi connectivity index (χ2v) is 14.3. The fourth-order valence-electron chi connectivity index (χ4n) is 7.21. The number of thiophene rings is 1. The average molecular weight is 703 g/mol. The van der Waals surface area contributed by atoms with E-state index in [4.69, 9.17) is 62.0 Å². The second-order valence-electron chi connectivity index (χ2n) is 13.3. The molecule has 7 aromatic carbocycles. The molecule has 3 nitrogen and oxygen atoms in total. The lowest BCUT2D eigenvalue weighted by Crippen LogP contribution is -2.36. The molecule has 0 amide bonds. The lowest BCUT2D eigenvalue weighted by atomic mass is 9.66. The van der Waals surface area contributed by atoms with E-state index in [2.05, 4.69) is 24.3 Å². The van der Waals surface area contributed by atoms with Gasteiger partial charge in [-0.05, 0) is 50.2 Å². The number of fused-ring (bicyclic) bond motifs is 3. The second kappa shape index (κ2) is 14.1. The Hall–Kier alpha value is -5.84. The molecule has 12 radical (unpaired) electrons. The Labute approximate surface area is 331 Å². The summed E-state index contributed by atoms with van der Waals surface area (Å²) in [6, 6.07) is 45.8. The largest absolute Gasteiger partial charge is 0.208 e. The van der Waals surface area contributed by atoms with Gasteiger partial charge >= 0.3 is 0 Å². The van der Waals surface area contributed by atoms with E-state index < -0.39 is 0 Å². The first kappa shape index (κ1) is 34.9. The highest BCUT2D eigenvalue weighted by Gasteiger charge is 2.22. The normalized spacial score (nSPS) is 11.3. The minimum atomic E-state index is 0.331. The van der Waals surface area contributed by atoms with Gasteiger partial charge in [0.25, 0.3) is 0 Å². The quantitative estimate of drug-likeness (QED) is 0.229. The topological polar surface area (TPSA) is 38.7 Å². The summed E-state index contributed by atoms with van der Waals surface area (Å²) in [5.74, 6) is 1.60. The molecule has 242 valence electrons. The molecule has 55 heavy (non-hydrogen) atoms. The van der Waals surface area contributed by atoms with E-state index in [0.29, 0.717) is 76.8 Å². The minimum Gasteiger partial charge on any atom is -0.208 e. The van der Waals surface area contributed by atoms with Crippen LogP contribution >= 0.6 is 11.3 Å². The zero-order chi connectivity index (χ0) is 37.8. The van der Waals surface area contributed by atoms with Gasteiger partial charge in [-0.1, -0.05) is 166 Å². The van der Waals surface area contributed by atoms with E-state index in [0.717, 1.165) is 43.6 Å². The fourth-order valence-corrected chi connectivity index (χ4v) is 8.48. The molecule has 9 rings (SSSR count). The lowest BCUT2D eigenvalue weighted by Gasteiger charge is -2.19. The molecule has 0 atom stereocenters. The SMILES string of the molecule is [B]c1c(-c2ccccc2)c([B])c2c(sc3c([B])c(-c4cccc(-c5nc(-c6ccccc6)nc(-c6ccc(-c7ccccc7)cc6)n5)c4)c([B])c([B])c32)c1[B]. The van der Waals surface area contributed by atoms with Gasteiger partial charge < -0.3 is 0 Å². The first-order valence-electron chi connectivity index (χ1n) is 17.6. The summed E-state index contributed by atoms with van der Waals surface area (Å²) in [5, 5.41) is 1.34. The van der Waals surface area contributed by atoms with Gasteiger partial charge in [-0.25, -0.2) is 15.0 Å². The van der Waals surface area contributed by atoms with Crippen LogP contribution in [0.1, 0.15) is 0 Å². The van der Waals surface area contributed by atoms with Crippen LogP contribution in [0.2, 0.25) is 0 Å². The Bertz CT molecular complexity index is 2920. The van der Waals surface area contributed by atoms with E-state index >= 15 is 0 Å². The number of hydrogen-bond acceptors (Lipinski definition) is 4. The van der Waals surface area contributed by atoms with Crippen molar-refractivity contribution < 1.29 is 0 Å². The third kappa shape index (κ3) is 6.06. The maximum absolute atomic E-state index is 7.04. The van der Waals surface area contributed by atoms with Crippen molar-refractivity contribution in [2.45, 2.75) is 0 Å². The molecule has 2 aromatic heterocycles. The molecule has 0 spiro atoms. The Balaban J connectivity index is 1.19. The van der Waals surface area contributed by atoms with E-state index in [-0.39, 0.29) is 0 Å². The maximum atomic E-state index is 7.04. The summed E-state index contributed by atoms with van der Waals surface area (Å²) < 4.78 is 1.43. The van der Waals surface area contributed by atoms with Gasteiger partial charge in [0.15, 0.2) is 17.5 Å². The van der Waals surface area contributed by atoms with E-state index in [1.54, 1.807) is 0 Å². The van der Waals surface area contributed by atoms with Crippen LogP contribution in [0.4, 0.5) is 0 Å². The summed E-state index contributed by atoms with van der Waals surface area (Å²) in [4.78, 5) is 14.9. The van der Waals surface area contributed by atoms with E-state index in [1.165, 1.54) is 11.3 Å². The summed E-state index contributed by atoms with van der Waals surface area (Å²) in [6.45, 7) is 0. The summed E-state index contributed by atoms with van der Waals surface area (Å²) >= 11 is 1.40. The molecule has 2 heterocycles. The monoisotopic (exact) mass is 703 g/mol. The first-order valence-corrected chi connectivity index (χ1v) is 18.4. The molecule has 0 aliphatic carbocycles. The Morgan fingerprint density at radius 2 is 0.709 bits per heavy atom. The van der Waals surface area contributed by atoms with Crippen LogP contribution in [-0.2, 0) is 0 Å². The molecule has 0 N–H and O–H groups in total. The molecule has 0 unspecified atom stereocenters. The molecule has 9 aromatic rings. The van der Waals surface area contributed by atoms with Crippen molar-refractivity contribution in [3.05, 3.63) is 140 Å². The predicted molar refractivity (Wildman–Crippen MR) is 238 cm³/mol. The van der Waals surface area contributed by atoms with Crippen molar-refractivity contribution in [2.75, 3.05) is 0 Å². The van der Waals surface area contributed by atoms with Gasteiger partial charge in [0.05, 0.1) is 0 Å². The number of hydrogen-bond donors (Lipinski definition) is 0. The van der Waals surface area contributed by atoms with Crippen LogP contribution in [0.25, 0.3) is 87.7 Å². The minimum absolute atomic E-state index is 0.331. The molecule has 0 fully saturated rings. The highest BCUT2D eigenvalue weighted by atomic mass is 32.1. The zero-order valence-electron chi connectivity index (χ0n) is 29.5.